The van der Waals surface area contributed by atoms with Crippen LogP contribution in [0.2, 0.25) is 0 Å². The molecular formula is C16H30N4O. The Labute approximate surface area is 128 Å². The molecule has 0 aromatic rings. The van der Waals surface area contributed by atoms with Crippen molar-refractivity contribution in [2.24, 2.45) is 11.7 Å². The van der Waals surface area contributed by atoms with Crippen LogP contribution in [0, 0.1) is 5.92 Å². The first-order valence-electron chi connectivity index (χ1n) is 8.05. The molecule has 21 heavy (non-hydrogen) atoms. The molecule has 0 spiro atoms. The van der Waals surface area contributed by atoms with Crippen molar-refractivity contribution < 1.29 is 4.79 Å². The van der Waals surface area contributed by atoms with Crippen molar-refractivity contribution in [3.05, 3.63) is 12.2 Å². The highest BCUT2D eigenvalue weighted by atomic mass is 16.2. The quantitative estimate of drug-likeness (QED) is 0.745. The summed E-state index contributed by atoms with van der Waals surface area (Å²) in [7, 11) is 6.27. The molecule has 5 heteroatoms. The van der Waals surface area contributed by atoms with Crippen molar-refractivity contribution in [2.45, 2.75) is 31.3 Å². The standard InChI is InChI=1S/C16H30N4O/c1-18-8-6-15(7-9-18)19(2)10-11-20(3)16(21)13-4-5-14(17)12-13/h4-5,13-15H,6-12,17H2,1-3H3. The second kappa shape index (κ2) is 7.38. The molecule has 1 aliphatic heterocycles. The van der Waals surface area contributed by atoms with E-state index in [2.05, 4.69) is 23.9 Å². The third-order valence-electron chi connectivity index (χ3n) is 4.91. The molecule has 2 unspecified atom stereocenters. The Balaban J connectivity index is 1.72. The molecule has 1 fully saturated rings. The van der Waals surface area contributed by atoms with E-state index in [9.17, 15) is 4.79 Å². The van der Waals surface area contributed by atoms with Crippen molar-refractivity contribution in [3.8, 4) is 0 Å². The summed E-state index contributed by atoms with van der Waals surface area (Å²) in [4.78, 5) is 19.0. The van der Waals surface area contributed by atoms with E-state index in [1.807, 2.05) is 24.1 Å². The largest absolute Gasteiger partial charge is 0.344 e. The van der Waals surface area contributed by atoms with Gasteiger partial charge < -0.3 is 20.4 Å². The van der Waals surface area contributed by atoms with Gasteiger partial charge in [0.05, 0.1) is 5.92 Å². The number of piperidine rings is 1. The molecule has 2 atom stereocenters. The zero-order valence-corrected chi connectivity index (χ0v) is 13.7. The summed E-state index contributed by atoms with van der Waals surface area (Å²) in [5.74, 6) is 0.189. The van der Waals surface area contributed by atoms with Crippen LogP contribution in [0.3, 0.4) is 0 Å². The van der Waals surface area contributed by atoms with Crippen molar-refractivity contribution in [3.63, 3.8) is 0 Å². The Morgan fingerprint density at radius 2 is 1.90 bits per heavy atom. The lowest BCUT2D eigenvalue weighted by molar-refractivity contribution is -0.132. The maximum atomic E-state index is 12.3. The van der Waals surface area contributed by atoms with Crippen LogP contribution in [0.15, 0.2) is 12.2 Å². The van der Waals surface area contributed by atoms with Crippen molar-refractivity contribution >= 4 is 5.91 Å². The molecule has 0 radical (unpaired) electrons. The minimum absolute atomic E-state index is 0.0152. The Kier molecular flexibility index (Phi) is 5.79. The highest BCUT2D eigenvalue weighted by Gasteiger charge is 2.26. The predicted molar refractivity (Wildman–Crippen MR) is 86.0 cm³/mol. The summed E-state index contributed by atoms with van der Waals surface area (Å²) < 4.78 is 0. The molecule has 1 saturated heterocycles. The molecule has 2 N–H and O–H groups in total. The van der Waals surface area contributed by atoms with Crippen LogP contribution in [0.1, 0.15) is 19.3 Å². The molecule has 2 rings (SSSR count). The monoisotopic (exact) mass is 294 g/mol. The smallest absolute Gasteiger partial charge is 0.229 e. The van der Waals surface area contributed by atoms with E-state index >= 15 is 0 Å². The number of nitrogens with zero attached hydrogens (tertiary/aromatic N) is 3. The number of likely N-dealkylation sites (tertiary alicyclic amines) is 1. The third kappa shape index (κ3) is 4.53. The zero-order chi connectivity index (χ0) is 15.4. The summed E-state index contributed by atoms with van der Waals surface area (Å²) >= 11 is 0. The molecule has 0 saturated carbocycles. The Morgan fingerprint density at radius 3 is 2.48 bits per heavy atom. The van der Waals surface area contributed by atoms with Crippen molar-refractivity contribution in [1.82, 2.24) is 14.7 Å². The topological polar surface area (TPSA) is 52.8 Å². The van der Waals surface area contributed by atoms with E-state index in [0.717, 1.165) is 19.5 Å². The Bertz CT molecular complexity index is 376. The first-order chi connectivity index (χ1) is 9.97. The molecule has 1 amide bonds. The Morgan fingerprint density at radius 1 is 1.24 bits per heavy atom. The lowest BCUT2D eigenvalue weighted by Gasteiger charge is -2.36. The van der Waals surface area contributed by atoms with Gasteiger partial charge in [-0.05, 0) is 46.4 Å². The van der Waals surface area contributed by atoms with E-state index in [-0.39, 0.29) is 17.9 Å². The zero-order valence-electron chi connectivity index (χ0n) is 13.7. The summed E-state index contributed by atoms with van der Waals surface area (Å²) in [6.45, 7) is 4.09. The number of carbonyl (C=O) groups excluding carboxylic acids is 1. The summed E-state index contributed by atoms with van der Waals surface area (Å²) in [6, 6.07) is 0.707. The number of amides is 1. The van der Waals surface area contributed by atoms with Gasteiger partial charge in [0.1, 0.15) is 0 Å². The molecule has 0 aromatic heterocycles. The fourth-order valence-electron chi connectivity index (χ4n) is 3.23. The lowest BCUT2D eigenvalue weighted by atomic mass is 10.0. The summed E-state index contributed by atoms with van der Waals surface area (Å²) in [5.41, 5.74) is 5.82. The van der Waals surface area contributed by atoms with Crippen LogP contribution in [0.25, 0.3) is 0 Å². The lowest BCUT2D eigenvalue weighted by Crippen LogP contribution is -2.45. The molecular weight excluding hydrogens is 264 g/mol. The van der Waals surface area contributed by atoms with Gasteiger partial charge in [-0.1, -0.05) is 12.2 Å². The highest BCUT2D eigenvalue weighted by molar-refractivity contribution is 5.81. The molecule has 1 aliphatic carbocycles. The molecule has 120 valence electrons. The predicted octanol–water partition coefficient (Wildman–Crippen LogP) is 0.374. The Hall–Kier alpha value is -0.910. The minimum Gasteiger partial charge on any atom is -0.344 e. The number of likely N-dealkylation sites (N-methyl/N-ethyl adjacent to an activating group) is 2. The summed E-state index contributed by atoms with van der Waals surface area (Å²) in [5, 5.41) is 0. The fourth-order valence-corrected chi connectivity index (χ4v) is 3.23. The molecule has 0 bridgehead atoms. The van der Waals surface area contributed by atoms with Gasteiger partial charge in [-0.3, -0.25) is 4.79 Å². The van der Waals surface area contributed by atoms with Gasteiger partial charge in [0.25, 0.3) is 0 Å². The first kappa shape index (κ1) is 16.5. The third-order valence-corrected chi connectivity index (χ3v) is 4.91. The number of rotatable bonds is 5. The SMILES string of the molecule is CN1CCC(N(C)CCN(C)C(=O)C2C=CC(N)C2)CC1. The van der Waals surface area contributed by atoms with Crippen LogP contribution >= 0.6 is 0 Å². The maximum Gasteiger partial charge on any atom is 0.229 e. The van der Waals surface area contributed by atoms with Gasteiger partial charge in [0, 0.05) is 32.2 Å². The average Bonchev–Trinajstić information content (AvgIpc) is 2.91. The molecule has 2 aliphatic rings. The van der Waals surface area contributed by atoms with E-state index in [1.54, 1.807) is 0 Å². The van der Waals surface area contributed by atoms with Crippen LogP contribution < -0.4 is 5.73 Å². The number of carbonyl (C=O) groups is 1. The van der Waals surface area contributed by atoms with E-state index in [1.165, 1.54) is 25.9 Å². The molecule has 0 aromatic carbocycles. The van der Waals surface area contributed by atoms with Crippen LogP contribution in [-0.2, 0) is 4.79 Å². The van der Waals surface area contributed by atoms with Gasteiger partial charge in [0.2, 0.25) is 5.91 Å². The molecule has 5 nitrogen and oxygen atoms in total. The van der Waals surface area contributed by atoms with Gasteiger partial charge in [-0.2, -0.15) is 0 Å². The van der Waals surface area contributed by atoms with Crippen LogP contribution in [0.5, 0.6) is 0 Å². The second-order valence-corrected chi connectivity index (χ2v) is 6.67. The molecule has 1 heterocycles. The van der Waals surface area contributed by atoms with Crippen molar-refractivity contribution in [2.75, 3.05) is 47.3 Å². The second-order valence-electron chi connectivity index (χ2n) is 6.67. The maximum absolute atomic E-state index is 12.3. The number of hydrogen-bond acceptors (Lipinski definition) is 4. The van der Waals surface area contributed by atoms with Gasteiger partial charge in [-0.25, -0.2) is 0 Å². The average molecular weight is 294 g/mol. The van der Waals surface area contributed by atoms with Gasteiger partial charge >= 0.3 is 0 Å². The fraction of sp³-hybridized carbons (Fsp3) is 0.812. The van der Waals surface area contributed by atoms with Crippen LogP contribution in [-0.4, -0.2) is 80.0 Å². The van der Waals surface area contributed by atoms with E-state index in [4.69, 9.17) is 5.73 Å². The van der Waals surface area contributed by atoms with Crippen molar-refractivity contribution in [1.29, 1.82) is 0 Å². The number of nitrogens with two attached hydrogens (primary N) is 1. The first-order valence-corrected chi connectivity index (χ1v) is 8.05. The highest BCUT2D eigenvalue weighted by Crippen LogP contribution is 2.19. The minimum atomic E-state index is -0.0152. The normalized spacial score (nSPS) is 27.5. The van der Waals surface area contributed by atoms with Crippen LogP contribution in [0.4, 0.5) is 0 Å². The van der Waals surface area contributed by atoms with E-state index < -0.39 is 0 Å². The van der Waals surface area contributed by atoms with E-state index in [0.29, 0.717) is 6.04 Å². The summed E-state index contributed by atoms with van der Waals surface area (Å²) in [6.07, 6.45) is 7.12. The van der Waals surface area contributed by atoms with Gasteiger partial charge in [0.15, 0.2) is 0 Å². The number of hydrogen-bond donors (Lipinski definition) is 1. The van der Waals surface area contributed by atoms with Gasteiger partial charge in [-0.15, -0.1) is 0 Å².